The maximum Gasteiger partial charge on any atom is 0.0757 e. The zero-order valence-corrected chi connectivity index (χ0v) is 15.1. The normalized spacial score (nSPS) is 12.8. The molecule has 0 aliphatic carbocycles. The van der Waals surface area contributed by atoms with Crippen molar-refractivity contribution in [3.63, 3.8) is 0 Å². The van der Waals surface area contributed by atoms with E-state index >= 15 is 0 Å². The van der Waals surface area contributed by atoms with Crippen LogP contribution in [0, 0.1) is 6.92 Å². The van der Waals surface area contributed by atoms with Crippen molar-refractivity contribution >= 4 is 70.7 Å². The van der Waals surface area contributed by atoms with Crippen molar-refractivity contribution in [3.8, 4) is 0 Å². The third-order valence-electron chi connectivity index (χ3n) is 2.39. The number of halogens is 4. The number of thiophene rings is 1. The quantitative estimate of drug-likeness (QED) is 0.438. The molecule has 5 heteroatoms. The summed E-state index contributed by atoms with van der Waals surface area (Å²) in [6, 6.07) is 8.23. The maximum absolute atomic E-state index is 6.28. The van der Waals surface area contributed by atoms with E-state index in [0.717, 1.165) is 18.2 Å². The van der Waals surface area contributed by atoms with Gasteiger partial charge in [0.1, 0.15) is 0 Å². The zero-order valence-electron chi connectivity index (χ0n) is 8.81. The van der Waals surface area contributed by atoms with E-state index in [2.05, 4.69) is 66.0 Å². The first kappa shape index (κ1) is 14.1. The van der Waals surface area contributed by atoms with Gasteiger partial charge in [-0.3, -0.25) is 0 Å². The van der Waals surface area contributed by atoms with Crippen molar-refractivity contribution in [1.82, 2.24) is 0 Å². The molecular weight excluding hydrogens is 451 g/mol. The van der Waals surface area contributed by atoms with Gasteiger partial charge >= 0.3 is 0 Å². The summed E-state index contributed by atoms with van der Waals surface area (Å²) in [5.74, 6) is 0. The smallest absolute Gasteiger partial charge is 0.0757 e. The van der Waals surface area contributed by atoms with Gasteiger partial charge < -0.3 is 0 Å². The van der Waals surface area contributed by atoms with Crippen molar-refractivity contribution in [3.05, 3.63) is 53.6 Å². The van der Waals surface area contributed by atoms with Crippen LogP contribution in [0.25, 0.3) is 0 Å². The minimum atomic E-state index is 0.104. The van der Waals surface area contributed by atoms with Gasteiger partial charge in [0.05, 0.1) is 12.4 Å². The minimum Gasteiger partial charge on any atom is -0.121 e. The summed E-state index contributed by atoms with van der Waals surface area (Å²) in [7, 11) is 0. The molecule has 17 heavy (non-hydrogen) atoms. The van der Waals surface area contributed by atoms with Gasteiger partial charge in [-0.25, -0.2) is 0 Å². The van der Waals surface area contributed by atoms with E-state index in [9.17, 15) is 0 Å². The molecule has 0 saturated carbocycles. The number of hydrogen-bond donors (Lipinski definition) is 0. The van der Waals surface area contributed by atoms with Crippen LogP contribution in [0.5, 0.6) is 0 Å². The van der Waals surface area contributed by atoms with Crippen molar-refractivity contribution in [2.45, 2.75) is 11.8 Å². The Morgan fingerprint density at radius 3 is 2.41 bits per heavy atom. The molecule has 0 spiro atoms. The lowest BCUT2D eigenvalue weighted by atomic mass is 10.1. The number of hydrogen-bond acceptors (Lipinski definition) is 1. The largest absolute Gasteiger partial charge is 0.121 e. The van der Waals surface area contributed by atoms with E-state index in [-0.39, 0.29) is 4.83 Å². The lowest BCUT2D eigenvalue weighted by Crippen LogP contribution is -1.93. The van der Waals surface area contributed by atoms with Crippen LogP contribution in [-0.2, 0) is 0 Å². The van der Waals surface area contributed by atoms with Gasteiger partial charge in [-0.1, -0.05) is 39.7 Å². The summed E-state index contributed by atoms with van der Waals surface area (Å²) in [4.78, 5) is 0.104. The molecule has 1 aromatic heterocycles. The van der Waals surface area contributed by atoms with Crippen molar-refractivity contribution in [2.75, 3.05) is 0 Å². The highest BCUT2D eigenvalue weighted by atomic mass is 79.9. The Morgan fingerprint density at radius 2 is 1.88 bits per heavy atom. The first-order chi connectivity index (χ1) is 7.99. The van der Waals surface area contributed by atoms with Gasteiger partial charge in [0.15, 0.2) is 0 Å². The second-order valence-corrected chi connectivity index (χ2v) is 8.74. The Bertz CT molecular complexity index is 551. The molecule has 0 amide bonds. The summed E-state index contributed by atoms with van der Waals surface area (Å²) in [5, 5.41) is 0.793. The van der Waals surface area contributed by atoms with E-state index in [1.54, 1.807) is 11.3 Å². The average molecular weight is 459 g/mol. The second-order valence-electron chi connectivity index (χ2n) is 3.67. The fourth-order valence-corrected chi connectivity index (χ4v) is 6.13. The number of alkyl halides is 1. The molecule has 0 radical (unpaired) electrons. The van der Waals surface area contributed by atoms with Gasteiger partial charge in [-0.15, -0.1) is 11.3 Å². The third-order valence-corrected chi connectivity index (χ3v) is 6.08. The Balaban J connectivity index is 2.43. The lowest BCUT2D eigenvalue weighted by Gasteiger charge is -2.12. The minimum absolute atomic E-state index is 0.104. The highest BCUT2D eigenvalue weighted by Gasteiger charge is 2.18. The molecule has 0 bridgehead atoms. The van der Waals surface area contributed by atoms with E-state index in [1.165, 1.54) is 11.1 Å². The first-order valence-electron chi connectivity index (χ1n) is 4.84. The van der Waals surface area contributed by atoms with Gasteiger partial charge in [-0.2, -0.15) is 0 Å². The Hall–Kier alpha value is 0.650. The molecule has 0 fully saturated rings. The summed E-state index contributed by atoms with van der Waals surface area (Å²) in [5.41, 5.74) is 3.44. The maximum atomic E-state index is 6.28. The molecule has 1 atom stereocenters. The molecule has 0 saturated heterocycles. The molecule has 2 aromatic rings. The van der Waals surface area contributed by atoms with Gasteiger partial charge in [0.25, 0.3) is 0 Å². The summed E-state index contributed by atoms with van der Waals surface area (Å²) in [6.45, 7) is 2.04. The van der Waals surface area contributed by atoms with Crippen LogP contribution >= 0.6 is 70.7 Å². The number of aryl methyl sites for hydroxylation is 1. The third kappa shape index (κ3) is 3.16. The highest BCUT2D eigenvalue weighted by molar-refractivity contribution is 9.12. The van der Waals surface area contributed by atoms with E-state index < -0.39 is 0 Å². The van der Waals surface area contributed by atoms with Crippen molar-refractivity contribution in [1.29, 1.82) is 0 Å². The molecule has 1 heterocycles. The summed E-state index contributed by atoms with van der Waals surface area (Å²) < 4.78 is 2.22. The number of rotatable bonds is 2. The van der Waals surface area contributed by atoms with Crippen molar-refractivity contribution < 1.29 is 0 Å². The van der Waals surface area contributed by atoms with Crippen LogP contribution < -0.4 is 0 Å². The van der Waals surface area contributed by atoms with Crippen LogP contribution in [0.3, 0.4) is 0 Å². The van der Waals surface area contributed by atoms with Crippen LogP contribution in [0.1, 0.15) is 21.5 Å². The lowest BCUT2D eigenvalue weighted by molar-refractivity contribution is 1.18. The van der Waals surface area contributed by atoms with E-state index in [1.807, 2.05) is 13.0 Å². The van der Waals surface area contributed by atoms with Crippen LogP contribution in [0.2, 0.25) is 5.02 Å². The van der Waals surface area contributed by atoms with Gasteiger partial charge in [-0.05, 0) is 67.6 Å². The molecular formula is C12H8Br3ClS. The topological polar surface area (TPSA) is 0 Å². The summed E-state index contributed by atoms with van der Waals surface area (Å²) in [6.07, 6.45) is 0. The Morgan fingerprint density at radius 1 is 1.18 bits per heavy atom. The monoisotopic (exact) mass is 456 g/mol. The average Bonchev–Trinajstić information content (AvgIpc) is 2.57. The molecule has 2 rings (SSSR count). The fourth-order valence-electron chi connectivity index (χ4n) is 1.53. The Kier molecular flexibility index (Phi) is 4.75. The molecule has 0 nitrogen and oxygen atoms in total. The van der Waals surface area contributed by atoms with E-state index in [4.69, 9.17) is 11.6 Å². The van der Waals surface area contributed by atoms with Gasteiger partial charge in [0.2, 0.25) is 0 Å². The molecule has 0 aliphatic rings. The Labute approximate surface area is 135 Å². The van der Waals surface area contributed by atoms with Crippen LogP contribution in [0.4, 0.5) is 0 Å². The highest BCUT2D eigenvalue weighted by Crippen LogP contribution is 2.43. The predicted molar refractivity (Wildman–Crippen MR) is 86.7 cm³/mol. The second kappa shape index (κ2) is 5.74. The SMILES string of the molecule is Cc1ccc(C(Br)c2cc(Br)sc2Br)c(Cl)c1. The van der Waals surface area contributed by atoms with Crippen molar-refractivity contribution in [2.24, 2.45) is 0 Å². The molecule has 90 valence electrons. The molecule has 1 unspecified atom stereocenters. The van der Waals surface area contributed by atoms with Crippen LogP contribution in [0.15, 0.2) is 31.8 Å². The zero-order chi connectivity index (χ0) is 12.6. The fraction of sp³-hybridized carbons (Fsp3) is 0.167. The number of benzene rings is 1. The summed E-state index contributed by atoms with van der Waals surface area (Å²) >= 11 is 18.7. The van der Waals surface area contributed by atoms with Gasteiger partial charge in [0, 0.05) is 5.02 Å². The van der Waals surface area contributed by atoms with E-state index in [0.29, 0.717) is 0 Å². The molecule has 0 aliphatic heterocycles. The predicted octanol–water partition coefficient (Wildman–Crippen LogP) is 6.72. The molecule has 1 aromatic carbocycles. The molecule has 0 N–H and O–H groups in total. The first-order valence-corrected chi connectivity index (χ1v) is 8.53. The standard InChI is InChI=1S/C12H8Br3ClS/c1-6-2-3-7(9(16)4-6)11(14)8-5-10(13)17-12(8)15/h2-5,11H,1H3. The van der Waals surface area contributed by atoms with Crippen LogP contribution in [-0.4, -0.2) is 0 Å².